The first-order valence-corrected chi connectivity index (χ1v) is 9.53. The normalized spacial score (nSPS) is 11.9. The van der Waals surface area contributed by atoms with Crippen LogP contribution in [-0.2, 0) is 4.79 Å². The Labute approximate surface area is 170 Å². The average molecular weight is 460 g/mol. The highest BCUT2D eigenvalue weighted by molar-refractivity contribution is 9.10. The Bertz CT molecular complexity index is 821. The van der Waals surface area contributed by atoms with Crippen LogP contribution in [0.5, 0.6) is 0 Å². The molecule has 0 aliphatic rings. The molecule has 2 rings (SSSR count). The first-order chi connectivity index (χ1) is 12.3. The van der Waals surface area contributed by atoms with Crippen molar-refractivity contribution in [2.45, 2.75) is 19.8 Å². The van der Waals surface area contributed by atoms with E-state index < -0.39 is 10.8 Å². The zero-order valence-electron chi connectivity index (χ0n) is 14.2. The van der Waals surface area contributed by atoms with Gasteiger partial charge < -0.3 is 4.90 Å². The summed E-state index contributed by atoms with van der Waals surface area (Å²) in [5.41, 5.74) is 0.990. The van der Waals surface area contributed by atoms with E-state index >= 15 is 0 Å². The smallest absolute Gasteiger partial charge is 0.270 e. The van der Waals surface area contributed by atoms with Crippen molar-refractivity contribution in [3.05, 3.63) is 72.2 Å². The summed E-state index contributed by atoms with van der Waals surface area (Å²) in [6.45, 7) is 4.83. The summed E-state index contributed by atoms with van der Waals surface area (Å²) in [7, 11) is 0. The molecule has 0 saturated heterocycles. The summed E-state index contributed by atoms with van der Waals surface area (Å²) >= 11 is 16.1. The average Bonchev–Trinajstić information content (AvgIpc) is 2.59. The second-order valence-corrected chi connectivity index (χ2v) is 7.21. The van der Waals surface area contributed by atoms with Gasteiger partial charge in [0.1, 0.15) is 0 Å². The van der Waals surface area contributed by atoms with E-state index in [1.165, 1.54) is 12.1 Å². The number of nitro groups is 1. The summed E-state index contributed by atoms with van der Waals surface area (Å²) in [6.07, 6.45) is 0. The fourth-order valence-electron chi connectivity index (χ4n) is 2.78. The van der Waals surface area contributed by atoms with Crippen molar-refractivity contribution in [3.63, 3.8) is 0 Å². The van der Waals surface area contributed by atoms with E-state index in [-0.39, 0.29) is 11.6 Å². The lowest BCUT2D eigenvalue weighted by Crippen LogP contribution is -2.35. The molecule has 1 unspecified atom stereocenters. The van der Waals surface area contributed by atoms with E-state index in [1.807, 2.05) is 13.8 Å². The maximum Gasteiger partial charge on any atom is 0.270 e. The topological polar surface area (TPSA) is 63.5 Å². The van der Waals surface area contributed by atoms with Crippen LogP contribution in [0.3, 0.4) is 0 Å². The summed E-state index contributed by atoms with van der Waals surface area (Å²) in [4.78, 5) is 25.4. The van der Waals surface area contributed by atoms with E-state index in [1.54, 1.807) is 29.2 Å². The van der Waals surface area contributed by atoms with Gasteiger partial charge in [0.15, 0.2) is 0 Å². The summed E-state index contributed by atoms with van der Waals surface area (Å²) in [6, 6.07) is 9.36. The fourth-order valence-corrected chi connectivity index (χ4v) is 3.99. The highest BCUT2D eigenvalue weighted by Gasteiger charge is 2.32. The molecular weight excluding hydrogens is 443 g/mol. The number of hydrogen-bond acceptors (Lipinski definition) is 3. The Morgan fingerprint density at radius 2 is 1.77 bits per heavy atom. The van der Waals surface area contributed by atoms with Crippen molar-refractivity contribution in [2.75, 3.05) is 13.1 Å². The third-order valence-electron chi connectivity index (χ3n) is 4.12. The van der Waals surface area contributed by atoms with Crippen LogP contribution in [0.1, 0.15) is 30.9 Å². The van der Waals surface area contributed by atoms with Crippen LogP contribution in [0.25, 0.3) is 0 Å². The Hall–Kier alpha value is -1.63. The van der Waals surface area contributed by atoms with E-state index in [9.17, 15) is 14.9 Å². The van der Waals surface area contributed by atoms with Gasteiger partial charge in [0.05, 0.1) is 10.8 Å². The van der Waals surface area contributed by atoms with Crippen molar-refractivity contribution in [1.82, 2.24) is 4.90 Å². The minimum Gasteiger partial charge on any atom is -0.342 e. The van der Waals surface area contributed by atoms with Crippen molar-refractivity contribution in [2.24, 2.45) is 0 Å². The molecule has 1 atom stereocenters. The van der Waals surface area contributed by atoms with Crippen LogP contribution in [0.15, 0.2) is 40.9 Å². The lowest BCUT2D eigenvalue weighted by atomic mass is 9.89. The van der Waals surface area contributed by atoms with Crippen LogP contribution in [0.2, 0.25) is 10.0 Å². The number of carbonyl (C=O) groups excluding carboxylic acids is 1. The number of benzene rings is 2. The molecule has 0 fully saturated rings. The van der Waals surface area contributed by atoms with Gasteiger partial charge in [0.2, 0.25) is 5.91 Å². The number of nitro benzene ring substituents is 1. The Morgan fingerprint density at radius 1 is 1.19 bits per heavy atom. The molecular formula is C18H17BrCl2N2O3. The van der Waals surface area contributed by atoms with Crippen molar-refractivity contribution in [1.29, 1.82) is 0 Å². The SMILES string of the molecule is CCN(CC)C(=O)C(c1ccc([N+](=O)[O-])cc1Br)c1c(Cl)cccc1Cl. The number of halogens is 3. The maximum atomic E-state index is 13.2. The number of likely N-dealkylation sites (N-methyl/N-ethyl adjacent to an activating group) is 1. The van der Waals surface area contributed by atoms with Crippen LogP contribution in [-0.4, -0.2) is 28.8 Å². The van der Waals surface area contributed by atoms with Crippen LogP contribution in [0.4, 0.5) is 5.69 Å². The van der Waals surface area contributed by atoms with Gasteiger partial charge in [-0.25, -0.2) is 0 Å². The van der Waals surface area contributed by atoms with Gasteiger partial charge in [0, 0.05) is 45.3 Å². The van der Waals surface area contributed by atoms with E-state index in [0.29, 0.717) is 38.7 Å². The van der Waals surface area contributed by atoms with Gasteiger partial charge in [-0.05, 0) is 37.6 Å². The molecule has 0 aromatic heterocycles. The molecule has 1 amide bonds. The summed E-state index contributed by atoms with van der Waals surface area (Å²) in [5, 5.41) is 11.8. The van der Waals surface area contributed by atoms with Crippen molar-refractivity contribution < 1.29 is 9.72 Å². The predicted octanol–water partition coefficient (Wildman–Crippen LogP) is 5.66. The number of rotatable bonds is 6. The summed E-state index contributed by atoms with van der Waals surface area (Å²) < 4.78 is 0.452. The van der Waals surface area contributed by atoms with Gasteiger partial charge in [-0.15, -0.1) is 0 Å². The zero-order chi connectivity index (χ0) is 19.4. The molecule has 0 N–H and O–H groups in total. The Balaban J connectivity index is 2.69. The van der Waals surface area contributed by atoms with Gasteiger partial charge in [0.25, 0.3) is 5.69 Å². The van der Waals surface area contributed by atoms with E-state index in [4.69, 9.17) is 23.2 Å². The highest BCUT2D eigenvalue weighted by atomic mass is 79.9. The second kappa shape index (κ2) is 8.84. The minimum atomic E-state index is -0.772. The lowest BCUT2D eigenvalue weighted by molar-refractivity contribution is -0.384. The molecule has 2 aromatic rings. The molecule has 0 saturated carbocycles. The number of nitrogens with zero attached hydrogens (tertiary/aromatic N) is 2. The molecule has 0 bridgehead atoms. The lowest BCUT2D eigenvalue weighted by Gasteiger charge is -2.27. The second-order valence-electron chi connectivity index (χ2n) is 5.54. The Kier molecular flexibility index (Phi) is 7.03. The molecule has 0 heterocycles. The molecule has 26 heavy (non-hydrogen) atoms. The quantitative estimate of drug-likeness (QED) is 0.413. The molecule has 0 spiro atoms. The first-order valence-electron chi connectivity index (χ1n) is 7.98. The molecule has 5 nitrogen and oxygen atoms in total. The maximum absolute atomic E-state index is 13.2. The predicted molar refractivity (Wildman–Crippen MR) is 107 cm³/mol. The molecule has 8 heteroatoms. The highest BCUT2D eigenvalue weighted by Crippen LogP contribution is 2.40. The van der Waals surface area contributed by atoms with Gasteiger partial charge >= 0.3 is 0 Å². The third kappa shape index (κ3) is 4.19. The minimum absolute atomic E-state index is 0.0695. The molecule has 138 valence electrons. The van der Waals surface area contributed by atoms with E-state index in [0.717, 1.165) is 0 Å². The number of hydrogen-bond donors (Lipinski definition) is 0. The monoisotopic (exact) mass is 458 g/mol. The van der Waals surface area contributed by atoms with Gasteiger partial charge in [-0.3, -0.25) is 14.9 Å². The first kappa shape index (κ1) is 20.7. The number of carbonyl (C=O) groups is 1. The largest absolute Gasteiger partial charge is 0.342 e. The number of non-ortho nitro benzene ring substituents is 1. The molecule has 0 aliphatic carbocycles. The Morgan fingerprint density at radius 3 is 2.23 bits per heavy atom. The number of amides is 1. The summed E-state index contributed by atoms with van der Waals surface area (Å²) in [5.74, 6) is -0.939. The van der Waals surface area contributed by atoms with Gasteiger partial charge in [-0.1, -0.05) is 45.2 Å². The van der Waals surface area contributed by atoms with E-state index in [2.05, 4.69) is 15.9 Å². The third-order valence-corrected chi connectivity index (χ3v) is 5.46. The standard InChI is InChI=1S/C18H17BrCl2N2O3/c1-3-22(4-2)18(24)16(17-14(20)6-5-7-15(17)21)12-9-8-11(23(25)26)10-13(12)19/h5-10,16H,3-4H2,1-2H3. The molecule has 0 radical (unpaired) electrons. The zero-order valence-corrected chi connectivity index (χ0v) is 17.3. The van der Waals surface area contributed by atoms with Crippen LogP contribution >= 0.6 is 39.1 Å². The van der Waals surface area contributed by atoms with Crippen molar-refractivity contribution in [3.8, 4) is 0 Å². The van der Waals surface area contributed by atoms with Crippen LogP contribution in [0, 0.1) is 10.1 Å². The van der Waals surface area contributed by atoms with Gasteiger partial charge in [-0.2, -0.15) is 0 Å². The fraction of sp³-hybridized carbons (Fsp3) is 0.278. The van der Waals surface area contributed by atoms with Crippen molar-refractivity contribution >= 4 is 50.7 Å². The van der Waals surface area contributed by atoms with Crippen LogP contribution < -0.4 is 0 Å². The molecule has 0 aliphatic heterocycles. The molecule has 2 aromatic carbocycles.